The molecule has 1 rings (SSSR count). The Balaban J connectivity index is 2.36. The molecule has 1 saturated heterocycles. The first-order valence-electron chi connectivity index (χ1n) is 4.10. The van der Waals surface area contributed by atoms with Gasteiger partial charge in [-0.3, -0.25) is 4.78 Å². The van der Waals surface area contributed by atoms with Crippen molar-refractivity contribution in [1.29, 1.82) is 4.78 Å². The summed E-state index contributed by atoms with van der Waals surface area (Å²) in [5, 5.41) is 0. The minimum Gasteiger partial charge on any atom is -0.301 e. The summed E-state index contributed by atoms with van der Waals surface area (Å²) in [5.74, 6) is 1.15. The molecule has 0 aromatic heterocycles. The van der Waals surface area contributed by atoms with Gasteiger partial charge in [0.2, 0.25) is 0 Å². The molecule has 0 aromatic carbocycles. The van der Waals surface area contributed by atoms with Crippen LogP contribution in [0.15, 0.2) is 0 Å². The number of hydrogen-bond acceptors (Lipinski definition) is 3. The van der Waals surface area contributed by atoms with Gasteiger partial charge in [-0.25, -0.2) is 4.21 Å². The maximum Gasteiger partial charge on any atom is 0.0466 e. The fourth-order valence-corrected chi connectivity index (χ4v) is 2.62. The highest BCUT2D eigenvalue weighted by Crippen LogP contribution is 2.04. The quantitative estimate of drug-likeness (QED) is 0.675. The van der Waals surface area contributed by atoms with Crippen molar-refractivity contribution in [3.05, 3.63) is 0 Å². The van der Waals surface area contributed by atoms with Crippen LogP contribution < -0.4 is 0 Å². The molecule has 0 unspecified atom stereocenters. The fourth-order valence-electron chi connectivity index (χ4n) is 1.31. The van der Waals surface area contributed by atoms with Crippen molar-refractivity contribution in [2.45, 2.75) is 13.3 Å². The van der Waals surface area contributed by atoms with Gasteiger partial charge in [0.05, 0.1) is 0 Å². The molecule has 4 heteroatoms. The number of hydrogen-bond donors (Lipinski definition) is 1. The number of nitrogens with zero attached hydrogens (tertiary/aromatic N) is 1. The molecule has 0 aromatic rings. The molecule has 0 atom stereocenters. The Morgan fingerprint density at radius 3 is 2.45 bits per heavy atom. The van der Waals surface area contributed by atoms with E-state index in [2.05, 4.69) is 11.8 Å². The summed E-state index contributed by atoms with van der Waals surface area (Å²) in [5.41, 5.74) is 0. The van der Waals surface area contributed by atoms with E-state index in [1.165, 1.54) is 0 Å². The van der Waals surface area contributed by atoms with Crippen LogP contribution >= 0.6 is 0 Å². The molecule has 1 N–H and O–H groups in total. The van der Waals surface area contributed by atoms with E-state index in [0.29, 0.717) is 11.5 Å². The monoisotopic (exact) mass is 176 g/mol. The van der Waals surface area contributed by atoms with Crippen molar-refractivity contribution >= 4 is 9.73 Å². The van der Waals surface area contributed by atoms with Crippen LogP contribution in [0.1, 0.15) is 13.3 Å². The Labute approximate surface area is 68.8 Å². The summed E-state index contributed by atoms with van der Waals surface area (Å²) in [7, 11) is -2.18. The summed E-state index contributed by atoms with van der Waals surface area (Å²) < 4.78 is 18.5. The highest BCUT2D eigenvalue weighted by molar-refractivity contribution is 7.92. The normalized spacial score (nSPS) is 25.2. The van der Waals surface area contributed by atoms with E-state index >= 15 is 0 Å². The van der Waals surface area contributed by atoms with Crippen molar-refractivity contribution in [1.82, 2.24) is 4.90 Å². The van der Waals surface area contributed by atoms with Gasteiger partial charge in [-0.2, -0.15) is 0 Å². The molecule has 1 aliphatic heterocycles. The molecular formula is C7H16N2OS. The molecule has 0 aliphatic carbocycles. The summed E-state index contributed by atoms with van der Waals surface area (Å²) in [4.78, 5) is 2.29. The summed E-state index contributed by atoms with van der Waals surface area (Å²) in [6.07, 6.45) is 1.15. The molecule has 66 valence electrons. The van der Waals surface area contributed by atoms with Gasteiger partial charge in [-0.15, -0.1) is 0 Å². The van der Waals surface area contributed by atoms with E-state index < -0.39 is 9.73 Å². The van der Waals surface area contributed by atoms with Gasteiger partial charge < -0.3 is 4.90 Å². The first-order chi connectivity index (χ1) is 5.14. The summed E-state index contributed by atoms with van der Waals surface area (Å²) >= 11 is 0. The van der Waals surface area contributed by atoms with E-state index in [1.54, 1.807) is 0 Å². The van der Waals surface area contributed by atoms with Crippen LogP contribution in [0, 0.1) is 4.78 Å². The van der Waals surface area contributed by atoms with Crippen LogP contribution in [0.2, 0.25) is 0 Å². The Morgan fingerprint density at radius 1 is 1.45 bits per heavy atom. The molecule has 0 radical (unpaired) electrons. The smallest absolute Gasteiger partial charge is 0.0466 e. The van der Waals surface area contributed by atoms with Gasteiger partial charge >= 0.3 is 0 Å². The third-order valence-corrected chi connectivity index (χ3v) is 3.70. The van der Waals surface area contributed by atoms with Crippen LogP contribution in [0.25, 0.3) is 0 Å². The van der Waals surface area contributed by atoms with E-state index in [-0.39, 0.29) is 0 Å². The zero-order valence-corrected chi connectivity index (χ0v) is 7.82. The van der Waals surface area contributed by atoms with Gasteiger partial charge in [-0.1, -0.05) is 6.92 Å². The fraction of sp³-hybridized carbons (Fsp3) is 1.00. The lowest BCUT2D eigenvalue weighted by atomic mass is 10.4. The maximum absolute atomic E-state index is 11.2. The van der Waals surface area contributed by atoms with E-state index in [1.807, 2.05) is 0 Å². The third kappa shape index (κ3) is 2.79. The molecular weight excluding hydrogens is 160 g/mol. The summed E-state index contributed by atoms with van der Waals surface area (Å²) in [6, 6.07) is 0. The average molecular weight is 176 g/mol. The standard InChI is InChI=1S/C7H16N2OS/c1-2-3-9-4-6-11(8,10)7-5-9/h8H,2-7H2,1H3. The SMILES string of the molecule is CCCN1CCS(=N)(=O)CC1. The molecule has 11 heavy (non-hydrogen) atoms. The lowest BCUT2D eigenvalue weighted by Gasteiger charge is -2.27. The van der Waals surface area contributed by atoms with Gasteiger partial charge in [0.25, 0.3) is 0 Å². The Bertz CT molecular complexity index is 196. The minimum atomic E-state index is -2.18. The van der Waals surface area contributed by atoms with Crippen molar-refractivity contribution in [3.8, 4) is 0 Å². The van der Waals surface area contributed by atoms with Crippen molar-refractivity contribution in [2.75, 3.05) is 31.1 Å². The van der Waals surface area contributed by atoms with Gasteiger partial charge in [0, 0.05) is 34.3 Å². The second kappa shape index (κ2) is 3.54. The first kappa shape index (κ1) is 9.00. The third-order valence-electron chi connectivity index (χ3n) is 2.01. The van der Waals surface area contributed by atoms with Crippen LogP contribution in [0.4, 0.5) is 0 Å². The van der Waals surface area contributed by atoms with Gasteiger partial charge in [-0.05, 0) is 13.0 Å². The van der Waals surface area contributed by atoms with E-state index in [0.717, 1.165) is 26.1 Å². The molecule has 3 nitrogen and oxygen atoms in total. The highest BCUT2D eigenvalue weighted by Gasteiger charge is 2.17. The second-order valence-electron chi connectivity index (χ2n) is 3.06. The number of rotatable bonds is 2. The van der Waals surface area contributed by atoms with Crippen molar-refractivity contribution in [3.63, 3.8) is 0 Å². The van der Waals surface area contributed by atoms with Gasteiger partial charge in [0.15, 0.2) is 0 Å². The molecule has 0 amide bonds. The predicted octanol–water partition coefficient (Wildman–Crippen LogP) is 0.759. The van der Waals surface area contributed by atoms with Crippen molar-refractivity contribution in [2.24, 2.45) is 0 Å². The Kier molecular flexibility index (Phi) is 2.90. The molecule has 1 aliphatic rings. The topological polar surface area (TPSA) is 44.2 Å². The van der Waals surface area contributed by atoms with Crippen molar-refractivity contribution < 1.29 is 4.21 Å². The zero-order valence-electron chi connectivity index (χ0n) is 7.01. The van der Waals surface area contributed by atoms with Crippen LogP contribution in [-0.4, -0.2) is 40.2 Å². The highest BCUT2D eigenvalue weighted by atomic mass is 32.2. The van der Waals surface area contributed by atoms with E-state index in [9.17, 15) is 4.21 Å². The largest absolute Gasteiger partial charge is 0.301 e. The minimum absolute atomic E-state index is 0.576. The molecule has 0 bridgehead atoms. The Morgan fingerprint density at radius 2 is 2.00 bits per heavy atom. The lowest BCUT2D eigenvalue weighted by Crippen LogP contribution is -2.39. The van der Waals surface area contributed by atoms with Crippen LogP contribution in [0.5, 0.6) is 0 Å². The zero-order chi connectivity index (χ0) is 8.32. The second-order valence-corrected chi connectivity index (χ2v) is 5.50. The predicted molar refractivity (Wildman–Crippen MR) is 47.3 cm³/mol. The Hall–Kier alpha value is -0.0900. The lowest BCUT2D eigenvalue weighted by molar-refractivity contribution is 0.299. The molecule has 0 saturated carbocycles. The van der Waals surface area contributed by atoms with Crippen LogP contribution in [-0.2, 0) is 9.73 Å². The van der Waals surface area contributed by atoms with E-state index in [4.69, 9.17) is 4.78 Å². The van der Waals surface area contributed by atoms with Crippen LogP contribution in [0.3, 0.4) is 0 Å². The molecule has 0 spiro atoms. The first-order valence-corrected chi connectivity index (χ1v) is 6.00. The molecule has 1 heterocycles. The summed E-state index contributed by atoms with van der Waals surface area (Å²) in [6.45, 7) is 4.95. The maximum atomic E-state index is 11.2. The number of nitrogens with one attached hydrogen (secondary N) is 1. The average Bonchev–Trinajstić information content (AvgIpc) is 1.94. The molecule has 1 fully saturated rings. The van der Waals surface area contributed by atoms with Gasteiger partial charge in [0.1, 0.15) is 0 Å².